The number of hydrogen-bond acceptors (Lipinski definition) is 5. The van der Waals surface area contributed by atoms with Gasteiger partial charge in [-0.3, -0.25) is 4.79 Å². The van der Waals surface area contributed by atoms with Gasteiger partial charge in [-0.15, -0.1) is 0 Å². The van der Waals surface area contributed by atoms with Crippen LogP contribution in [0.15, 0.2) is 30.4 Å². The fraction of sp³-hybridized carbons (Fsp3) is 0.312. The first-order valence-electron chi connectivity index (χ1n) is 6.81. The summed E-state index contributed by atoms with van der Waals surface area (Å²) in [4.78, 5) is 34.1. The number of nitrogens with one attached hydrogen (secondary N) is 1. The number of esters is 2. The van der Waals surface area contributed by atoms with Gasteiger partial charge in [0.1, 0.15) is 0 Å². The lowest BCUT2D eigenvalue weighted by Crippen LogP contribution is -2.21. The average molecular weight is 305 g/mol. The molecule has 0 radical (unpaired) electrons. The minimum atomic E-state index is -0.787. The van der Waals surface area contributed by atoms with Gasteiger partial charge in [-0.25, -0.2) is 9.59 Å². The molecule has 6 heteroatoms. The molecule has 1 aromatic carbocycles. The van der Waals surface area contributed by atoms with Gasteiger partial charge in [0, 0.05) is 17.8 Å². The largest absolute Gasteiger partial charge is 0.463 e. The van der Waals surface area contributed by atoms with E-state index in [1.807, 2.05) is 32.0 Å². The van der Waals surface area contributed by atoms with E-state index < -0.39 is 24.5 Å². The van der Waals surface area contributed by atoms with Gasteiger partial charge in [-0.1, -0.05) is 18.2 Å². The predicted molar refractivity (Wildman–Crippen MR) is 81.3 cm³/mol. The van der Waals surface area contributed by atoms with Crippen molar-refractivity contribution in [2.24, 2.45) is 0 Å². The van der Waals surface area contributed by atoms with Gasteiger partial charge in [0.05, 0.1) is 6.61 Å². The first kappa shape index (κ1) is 17.4. The van der Waals surface area contributed by atoms with Gasteiger partial charge in [-0.2, -0.15) is 0 Å². The highest BCUT2D eigenvalue weighted by molar-refractivity contribution is 5.96. The standard InChI is InChI=1S/C16H19NO5/c1-4-21-14(19)8-9-15(20)22-10-13(18)17-16-11(2)6-5-7-12(16)3/h5-9H,4,10H2,1-3H3,(H,17,18). The second kappa shape index (κ2) is 8.61. The molecule has 1 aromatic rings. The van der Waals surface area contributed by atoms with Crippen molar-refractivity contribution in [3.8, 4) is 0 Å². The highest BCUT2D eigenvalue weighted by Gasteiger charge is 2.09. The summed E-state index contributed by atoms with van der Waals surface area (Å²) in [6, 6.07) is 5.63. The SMILES string of the molecule is CCOC(=O)C=CC(=O)OCC(=O)Nc1c(C)cccc1C. The average Bonchev–Trinajstić information content (AvgIpc) is 2.47. The van der Waals surface area contributed by atoms with E-state index in [0.29, 0.717) is 5.69 Å². The van der Waals surface area contributed by atoms with E-state index in [2.05, 4.69) is 10.1 Å². The lowest BCUT2D eigenvalue weighted by Gasteiger charge is -2.11. The molecule has 22 heavy (non-hydrogen) atoms. The summed E-state index contributed by atoms with van der Waals surface area (Å²) < 4.78 is 9.35. The molecule has 0 bridgehead atoms. The summed E-state index contributed by atoms with van der Waals surface area (Å²) in [6.45, 7) is 5.19. The van der Waals surface area contributed by atoms with Crippen molar-refractivity contribution in [3.05, 3.63) is 41.5 Å². The number of carbonyl (C=O) groups excluding carboxylic acids is 3. The molecule has 6 nitrogen and oxygen atoms in total. The Bertz CT molecular complexity index is 572. The summed E-state index contributed by atoms with van der Waals surface area (Å²) in [5, 5.41) is 2.69. The van der Waals surface area contributed by atoms with E-state index in [1.54, 1.807) is 6.92 Å². The van der Waals surface area contributed by atoms with Crippen LogP contribution in [-0.4, -0.2) is 31.1 Å². The zero-order valence-corrected chi connectivity index (χ0v) is 12.8. The molecule has 0 heterocycles. The van der Waals surface area contributed by atoms with Gasteiger partial charge in [0.2, 0.25) is 0 Å². The summed E-state index contributed by atoms with van der Waals surface area (Å²) in [5.41, 5.74) is 2.54. The molecule has 1 N–H and O–H groups in total. The monoisotopic (exact) mass is 305 g/mol. The number of aryl methyl sites for hydroxylation is 2. The summed E-state index contributed by atoms with van der Waals surface area (Å²) >= 11 is 0. The second-order valence-electron chi connectivity index (χ2n) is 4.51. The maximum absolute atomic E-state index is 11.8. The van der Waals surface area contributed by atoms with E-state index in [-0.39, 0.29) is 6.61 Å². The molecule has 0 saturated heterocycles. The molecule has 0 aliphatic heterocycles. The maximum atomic E-state index is 11.8. The lowest BCUT2D eigenvalue weighted by atomic mass is 10.1. The Labute approximate surface area is 129 Å². The number of ether oxygens (including phenoxy) is 2. The van der Waals surface area contributed by atoms with Crippen molar-refractivity contribution in [1.82, 2.24) is 0 Å². The number of anilines is 1. The van der Waals surface area contributed by atoms with E-state index >= 15 is 0 Å². The van der Waals surface area contributed by atoms with Crippen LogP contribution in [0.1, 0.15) is 18.1 Å². The van der Waals surface area contributed by atoms with E-state index in [9.17, 15) is 14.4 Å². The van der Waals surface area contributed by atoms with Gasteiger partial charge >= 0.3 is 11.9 Å². The molecule has 1 rings (SSSR count). The first-order chi connectivity index (χ1) is 10.4. The van der Waals surface area contributed by atoms with Crippen LogP contribution < -0.4 is 5.32 Å². The molecule has 0 aromatic heterocycles. The zero-order valence-electron chi connectivity index (χ0n) is 12.8. The first-order valence-corrected chi connectivity index (χ1v) is 6.81. The Hall–Kier alpha value is -2.63. The molecule has 0 fully saturated rings. The van der Waals surface area contributed by atoms with Crippen molar-refractivity contribution in [2.75, 3.05) is 18.5 Å². The van der Waals surface area contributed by atoms with Gasteiger partial charge in [0.25, 0.3) is 5.91 Å². The van der Waals surface area contributed by atoms with Crippen molar-refractivity contribution in [3.63, 3.8) is 0 Å². The van der Waals surface area contributed by atoms with Crippen molar-refractivity contribution < 1.29 is 23.9 Å². The van der Waals surface area contributed by atoms with Gasteiger partial charge in [-0.05, 0) is 31.9 Å². The Morgan fingerprint density at radius 3 is 2.14 bits per heavy atom. The van der Waals surface area contributed by atoms with Crippen LogP contribution in [0, 0.1) is 13.8 Å². The van der Waals surface area contributed by atoms with Crippen LogP contribution in [0.3, 0.4) is 0 Å². The number of rotatable bonds is 6. The quantitative estimate of drug-likeness (QED) is 0.641. The van der Waals surface area contributed by atoms with Crippen LogP contribution >= 0.6 is 0 Å². The van der Waals surface area contributed by atoms with Crippen LogP contribution in [0.5, 0.6) is 0 Å². The maximum Gasteiger partial charge on any atom is 0.331 e. The minimum absolute atomic E-state index is 0.219. The normalized spacial score (nSPS) is 10.3. The third kappa shape index (κ3) is 5.78. The molecule has 0 spiro atoms. The highest BCUT2D eigenvalue weighted by Crippen LogP contribution is 2.19. The number of hydrogen-bond donors (Lipinski definition) is 1. The molecule has 0 unspecified atom stereocenters. The summed E-state index contributed by atoms with van der Waals surface area (Å²) in [7, 11) is 0. The van der Waals surface area contributed by atoms with Crippen LogP contribution in [-0.2, 0) is 23.9 Å². The minimum Gasteiger partial charge on any atom is -0.463 e. The number of para-hydroxylation sites is 1. The summed E-state index contributed by atoms with van der Waals surface area (Å²) in [6.07, 6.45) is 1.87. The predicted octanol–water partition coefficient (Wildman–Crippen LogP) is 1.90. The molecule has 0 aliphatic carbocycles. The topological polar surface area (TPSA) is 81.7 Å². The Kier molecular flexibility index (Phi) is 6.82. The summed E-state index contributed by atoms with van der Waals surface area (Å²) in [5.74, 6) is -1.88. The van der Waals surface area contributed by atoms with Crippen LogP contribution in [0.25, 0.3) is 0 Å². The zero-order chi connectivity index (χ0) is 16.5. The number of carbonyl (C=O) groups is 3. The van der Waals surface area contributed by atoms with Crippen LogP contribution in [0.4, 0.5) is 5.69 Å². The number of benzene rings is 1. The molecular formula is C16H19NO5. The van der Waals surface area contributed by atoms with Crippen LogP contribution in [0.2, 0.25) is 0 Å². The molecular weight excluding hydrogens is 286 g/mol. The second-order valence-corrected chi connectivity index (χ2v) is 4.51. The van der Waals surface area contributed by atoms with E-state index in [0.717, 1.165) is 23.3 Å². The smallest absolute Gasteiger partial charge is 0.331 e. The van der Waals surface area contributed by atoms with Crippen molar-refractivity contribution >= 4 is 23.5 Å². The van der Waals surface area contributed by atoms with Gasteiger partial charge < -0.3 is 14.8 Å². The van der Waals surface area contributed by atoms with E-state index in [1.165, 1.54) is 0 Å². The fourth-order valence-corrected chi connectivity index (χ4v) is 1.70. The van der Waals surface area contributed by atoms with E-state index in [4.69, 9.17) is 4.74 Å². The molecule has 118 valence electrons. The van der Waals surface area contributed by atoms with Gasteiger partial charge in [0.15, 0.2) is 6.61 Å². The highest BCUT2D eigenvalue weighted by atomic mass is 16.5. The molecule has 0 saturated carbocycles. The molecule has 0 atom stereocenters. The molecule has 0 aliphatic rings. The Morgan fingerprint density at radius 1 is 1.05 bits per heavy atom. The number of amides is 1. The Morgan fingerprint density at radius 2 is 1.59 bits per heavy atom. The third-order valence-corrected chi connectivity index (χ3v) is 2.73. The van der Waals surface area contributed by atoms with Crippen molar-refractivity contribution in [1.29, 1.82) is 0 Å². The van der Waals surface area contributed by atoms with Crippen molar-refractivity contribution in [2.45, 2.75) is 20.8 Å². The lowest BCUT2D eigenvalue weighted by molar-refractivity contribution is -0.143. The fourth-order valence-electron chi connectivity index (χ4n) is 1.70. The Balaban J connectivity index is 2.46. The third-order valence-electron chi connectivity index (χ3n) is 2.73. The molecule has 1 amide bonds.